The second kappa shape index (κ2) is 11.7. The number of hydrogen-bond acceptors (Lipinski definition) is 8. The highest BCUT2D eigenvalue weighted by molar-refractivity contribution is 5.96. The first kappa shape index (κ1) is 31.0. The summed E-state index contributed by atoms with van der Waals surface area (Å²) in [6.07, 6.45) is -5.07. The number of aromatic nitrogens is 1. The van der Waals surface area contributed by atoms with Crippen LogP contribution in [-0.2, 0) is 20.7 Å². The Morgan fingerprint density at radius 2 is 1.69 bits per heavy atom. The molecular formula is C31H33F3N2O6. The molecule has 3 aromatic rings. The smallest absolute Gasteiger partial charge is 0.422 e. The number of carbonyl (C=O) groups excluding carboxylic acids is 2. The number of hydrogen-bond donors (Lipinski definition) is 2. The number of nitrogens with two attached hydrogens (primary N) is 1. The number of carbonyl (C=O) groups is 2. The lowest BCUT2D eigenvalue weighted by Crippen LogP contribution is -2.45. The quantitative estimate of drug-likeness (QED) is 0.227. The van der Waals surface area contributed by atoms with Gasteiger partial charge in [0.1, 0.15) is 5.54 Å². The maximum atomic E-state index is 14.6. The van der Waals surface area contributed by atoms with Gasteiger partial charge in [0, 0.05) is 17.5 Å². The third kappa shape index (κ3) is 6.42. The molecule has 0 radical (unpaired) electrons. The summed E-state index contributed by atoms with van der Waals surface area (Å²) < 4.78 is 59.7. The molecule has 0 aliphatic heterocycles. The van der Waals surface area contributed by atoms with Crippen molar-refractivity contribution in [1.82, 2.24) is 4.98 Å². The number of ketones is 1. The van der Waals surface area contributed by atoms with Crippen LogP contribution < -0.4 is 15.2 Å². The molecule has 2 atom stereocenters. The van der Waals surface area contributed by atoms with Gasteiger partial charge in [-0.15, -0.1) is 0 Å². The minimum absolute atomic E-state index is 0.0491. The van der Waals surface area contributed by atoms with Gasteiger partial charge in [0.25, 0.3) is 0 Å². The molecule has 0 amide bonds. The van der Waals surface area contributed by atoms with Crippen LogP contribution in [0.2, 0.25) is 0 Å². The molecule has 1 heterocycles. The number of benzene rings is 2. The number of nitrogens with zero attached hydrogens (tertiary/aromatic N) is 1. The zero-order valence-corrected chi connectivity index (χ0v) is 23.7. The van der Waals surface area contributed by atoms with E-state index in [2.05, 4.69) is 4.98 Å². The monoisotopic (exact) mass is 586 g/mol. The molecule has 4 rings (SSSR count). The van der Waals surface area contributed by atoms with Crippen molar-refractivity contribution in [1.29, 1.82) is 0 Å². The van der Waals surface area contributed by atoms with Gasteiger partial charge in [0.15, 0.2) is 17.3 Å². The minimum Gasteiger partial charge on any atom is -0.493 e. The predicted molar refractivity (Wildman–Crippen MR) is 148 cm³/mol. The number of Topliss-reactive ketones (excluding diaryl/α,β-unsaturated/α-hetero) is 1. The van der Waals surface area contributed by atoms with Crippen LogP contribution in [0.5, 0.6) is 11.5 Å². The molecule has 2 unspecified atom stereocenters. The van der Waals surface area contributed by atoms with Gasteiger partial charge in [-0.2, -0.15) is 13.2 Å². The zero-order chi connectivity index (χ0) is 30.9. The highest BCUT2D eigenvalue weighted by Gasteiger charge is 2.56. The van der Waals surface area contributed by atoms with E-state index in [1.807, 2.05) is 6.92 Å². The van der Waals surface area contributed by atoms with Crippen molar-refractivity contribution in [2.75, 3.05) is 14.2 Å². The molecule has 1 fully saturated rings. The fraction of sp³-hybridized carbons (Fsp3) is 0.387. The van der Waals surface area contributed by atoms with E-state index in [4.69, 9.17) is 19.9 Å². The first-order valence-corrected chi connectivity index (χ1v) is 13.3. The van der Waals surface area contributed by atoms with Crippen molar-refractivity contribution in [2.45, 2.75) is 63.0 Å². The van der Waals surface area contributed by atoms with E-state index in [-0.39, 0.29) is 28.7 Å². The second-order valence-corrected chi connectivity index (χ2v) is 10.7. The lowest BCUT2D eigenvalue weighted by molar-refractivity contribution is -0.270. The molecule has 42 heavy (non-hydrogen) atoms. The number of halogens is 3. The normalized spacial score (nSPS) is 16.2. The molecular weight excluding hydrogens is 553 g/mol. The Balaban J connectivity index is 1.72. The fourth-order valence-electron chi connectivity index (χ4n) is 4.40. The minimum atomic E-state index is -5.24. The van der Waals surface area contributed by atoms with Crippen LogP contribution in [0.15, 0.2) is 54.6 Å². The second-order valence-electron chi connectivity index (χ2n) is 10.7. The van der Waals surface area contributed by atoms with Crippen LogP contribution in [-0.4, -0.2) is 48.3 Å². The zero-order valence-electron chi connectivity index (χ0n) is 23.7. The molecule has 1 aromatic heterocycles. The van der Waals surface area contributed by atoms with Crippen molar-refractivity contribution in [3.63, 3.8) is 0 Å². The van der Waals surface area contributed by atoms with Gasteiger partial charge in [-0.25, -0.2) is 9.78 Å². The first-order chi connectivity index (χ1) is 19.7. The van der Waals surface area contributed by atoms with Crippen LogP contribution in [0, 0.1) is 6.92 Å². The van der Waals surface area contributed by atoms with Crippen LogP contribution >= 0.6 is 0 Å². The molecule has 2 aromatic carbocycles. The molecule has 1 aliphatic rings. The summed E-state index contributed by atoms with van der Waals surface area (Å²) in [6.45, 7) is 3.13. The van der Waals surface area contributed by atoms with Crippen LogP contribution in [0.1, 0.15) is 59.8 Å². The molecule has 0 spiro atoms. The lowest BCUT2D eigenvalue weighted by Gasteiger charge is -2.32. The Morgan fingerprint density at radius 3 is 2.26 bits per heavy atom. The van der Waals surface area contributed by atoms with Crippen molar-refractivity contribution in [2.24, 2.45) is 5.73 Å². The Morgan fingerprint density at radius 1 is 1.02 bits per heavy atom. The number of esters is 1. The molecule has 1 saturated carbocycles. The SMILES string of the molecule is COC(=O)C(C)(N)c1cc(-c2ccc(C)cc2)nc(C(O)(CCC(=O)c2ccc(OC3CC3)c(OC)c2)C(F)(F)F)c1. The number of aliphatic hydroxyl groups is 1. The van der Waals surface area contributed by atoms with E-state index in [9.17, 15) is 27.9 Å². The summed E-state index contributed by atoms with van der Waals surface area (Å²) in [5.41, 5.74) is 1.43. The van der Waals surface area contributed by atoms with E-state index in [0.717, 1.165) is 31.6 Å². The summed E-state index contributed by atoms with van der Waals surface area (Å²) in [6, 6.07) is 13.5. The van der Waals surface area contributed by atoms with Crippen LogP contribution in [0.25, 0.3) is 11.3 Å². The van der Waals surface area contributed by atoms with E-state index in [1.54, 1.807) is 24.3 Å². The third-order valence-electron chi connectivity index (χ3n) is 7.29. The van der Waals surface area contributed by atoms with Crippen molar-refractivity contribution in [3.8, 4) is 22.8 Å². The Labute approximate surface area is 241 Å². The molecule has 3 N–H and O–H groups in total. The first-order valence-electron chi connectivity index (χ1n) is 13.3. The molecule has 11 heteroatoms. The Hall–Kier alpha value is -3.96. The fourth-order valence-corrected chi connectivity index (χ4v) is 4.40. The Bertz CT molecular complexity index is 1470. The van der Waals surface area contributed by atoms with Gasteiger partial charge in [-0.1, -0.05) is 29.8 Å². The molecule has 224 valence electrons. The standard InChI is InChI=1S/C31H33F3N2O6/c1-18-5-7-19(8-6-18)23-16-21(29(2,35)28(38)41-4)17-27(36-23)30(39,31(32,33)34)14-13-24(37)20-9-12-25(26(15-20)40-3)42-22-10-11-22/h5-9,12,15-17,22,39H,10-11,13-14,35H2,1-4H3. The van der Waals surface area contributed by atoms with E-state index >= 15 is 0 Å². The van der Waals surface area contributed by atoms with Gasteiger partial charge in [0.2, 0.25) is 5.60 Å². The van der Waals surface area contributed by atoms with E-state index in [1.165, 1.54) is 38.3 Å². The van der Waals surface area contributed by atoms with Crippen molar-refractivity contribution in [3.05, 3.63) is 77.0 Å². The number of pyridine rings is 1. The van der Waals surface area contributed by atoms with Gasteiger partial charge in [0.05, 0.1) is 31.7 Å². The molecule has 8 nitrogen and oxygen atoms in total. The number of methoxy groups -OCH3 is 2. The number of aryl methyl sites for hydroxylation is 1. The van der Waals surface area contributed by atoms with Crippen LogP contribution in [0.4, 0.5) is 13.2 Å². The van der Waals surface area contributed by atoms with Gasteiger partial charge in [-0.3, -0.25) is 4.79 Å². The van der Waals surface area contributed by atoms with Gasteiger partial charge < -0.3 is 25.1 Å². The van der Waals surface area contributed by atoms with E-state index in [0.29, 0.717) is 11.3 Å². The summed E-state index contributed by atoms with van der Waals surface area (Å²) >= 11 is 0. The molecule has 0 bridgehead atoms. The van der Waals surface area contributed by atoms with Crippen molar-refractivity contribution < 1.29 is 42.1 Å². The average molecular weight is 587 g/mol. The maximum absolute atomic E-state index is 14.6. The number of ether oxygens (including phenoxy) is 3. The van der Waals surface area contributed by atoms with Crippen LogP contribution in [0.3, 0.4) is 0 Å². The Kier molecular flexibility index (Phi) is 8.65. The molecule has 0 saturated heterocycles. The number of rotatable bonds is 11. The summed E-state index contributed by atoms with van der Waals surface area (Å²) in [4.78, 5) is 29.7. The lowest BCUT2D eigenvalue weighted by atomic mass is 9.85. The van der Waals surface area contributed by atoms with Gasteiger partial charge >= 0.3 is 12.1 Å². The summed E-state index contributed by atoms with van der Waals surface area (Å²) in [5, 5.41) is 11.2. The highest BCUT2D eigenvalue weighted by atomic mass is 19.4. The van der Waals surface area contributed by atoms with Crippen molar-refractivity contribution >= 4 is 11.8 Å². The highest BCUT2D eigenvalue weighted by Crippen LogP contribution is 2.44. The molecule has 1 aliphatic carbocycles. The third-order valence-corrected chi connectivity index (χ3v) is 7.29. The summed E-state index contributed by atoms with van der Waals surface area (Å²) in [7, 11) is 2.50. The topological polar surface area (TPSA) is 121 Å². The average Bonchev–Trinajstić information content (AvgIpc) is 3.79. The van der Waals surface area contributed by atoms with E-state index < -0.39 is 47.6 Å². The number of alkyl halides is 3. The largest absolute Gasteiger partial charge is 0.493 e. The maximum Gasteiger partial charge on any atom is 0.422 e. The summed E-state index contributed by atoms with van der Waals surface area (Å²) in [5.74, 6) is -0.838. The predicted octanol–water partition coefficient (Wildman–Crippen LogP) is 5.37. The van der Waals surface area contributed by atoms with Gasteiger partial charge in [-0.05, 0) is 69.0 Å².